The maximum Gasteiger partial charge on any atom is 0.351 e. The molecule has 1 aliphatic rings. The molecular formula is C9H11N6O12P3-4. The van der Waals surface area contributed by atoms with Crippen LogP contribution in [0.5, 0.6) is 0 Å². The Morgan fingerprint density at radius 1 is 1.30 bits per heavy atom. The van der Waals surface area contributed by atoms with Crippen LogP contribution in [-0.4, -0.2) is 28.3 Å². The zero-order chi connectivity index (χ0) is 22.7. The van der Waals surface area contributed by atoms with Crippen molar-refractivity contribution in [3.8, 4) is 0 Å². The third-order valence-corrected chi connectivity index (χ3v) is 7.03. The first-order valence-corrected chi connectivity index (χ1v) is 11.9. The monoisotopic (exact) mass is 488 g/mol. The summed E-state index contributed by atoms with van der Waals surface area (Å²) in [4.78, 5) is 61.2. The Morgan fingerprint density at radius 2 is 1.97 bits per heavy atom. The van der Waals surface area contributed by atoms with Gasteiger partial charge < -0.3 is 39.1 Å². The summed E-state index contributed by atoms with van der Waals surface area (Å²) < 4.78 is 50.1. The van der Waals surface area contributed by atoms with Crippen LogP contribution in [0.2, 0.25) is 0 Å². The van der Waals surface area contributed by atoms with Crippen molar-refractivity contribution in [3.63, 3.8) is 0 Å². The lowest BCUT2D eigenvalue weighted by Gasteiger charge is -2.37. The molecule has 0 amide bonds. The normalized spacial score (nSPS) is 25.8. The lowest BCUT2D eigenvalue weighted by atomic mass is 10.1. The van der Waals surface area contributed by atoms with Crippen LogP contribution in [0.1, 0.15) is 12.6 Å². The molecule has 0 radical (unpaired) electrons. The van der Waals surface area contributed by atoms with Crippen molar-refractivity contribution in [3.05, 3.63) is 33.2 Å². The molecule has 1 aromatic heterocycles. The molecule has 0 saturated carbocycles. The van der Waals surface area contributed by atoms with Crippen molar-refractivity contribution in [2.75, 3.05) is 12.3 Å². The molecule has 2 heterocycles. The van der Waals surface area contributed by atoms with Crippen LogP contribution in [0, 0.1) is 0 Å². The Bertz CT molecular complexity index is 1030. The Balaban J connectivity index is 2.09. The van der Waals surface area contributed by atoms with Crippen LogP contribution in [0.25, 0.3) is 10.4 Å². The van der Waals surface area contributed by atoms with Gasteiger partial charge in [0.05, 0.1) is 26.6 Å². The number of anilines is 1. The molecule has 0 bridgehead atoms. The van der Waals surface area contributed by atoms with E-state index in [1.807, 2.05) is 0 Å². The fourth-order valence-electron chi connectivity index (χ4n) is 2.32. The molecule has 5 atom stereocenters. The second-order valence-corrected chi connectivity index (χ2v) is 9.73. The van der Waals surface area contributed by atoms with E-state index in [4.69, 9.17) is 16.0 Å². The number of phosphoric ester groups is 1. The maximum absolute atomic E-state index is 11.9. The highest BCUT2D eigenvalue weighted by molar-refractivity contribution is 7.64. The molecule has 0 spiro atoms. The van der Waals surface area contributed by atoms with Gasteiger partial charge in [0, 0.05) is 17.5 Å². The molecule has 1 aliphatic heterocycles. The highest BCUT2D eigenvalue weighted by Crippen LogP contribution is 2.60. The van der Waals surface area contributed by atoms with E-state index in [2.05, 4.69) is 28.2 Å². The van der Waals surface area contributed by atoms with E-state index in [-0.39, 0.29) is 12.2 Å². The molecule has 5 unspecified atom stereocenters. The summed E-state index contributed by atoms with van der Waals surface area (Å²) in [5.41, 5.74) is 13.2. The number of hydrogen-bond acceptors (Lipinski definition) is 15. The lowest BCUT2D eigenvalue weighted by molar-refractivity contribution is -0.339. The summed E-state index contributed by atoms with van der Waals surface area (Å²) in [5, 5.41) is 3.37. The van der Waals surface area contributed by atoms with Crippen LogP contribution >= 0.6 is 23.5 Å². The van der Waals surface area contributed by atoms with Crippen LogP contribution in [-0.2, 0) is 31.6 Å². The van der Waals surface area contributed by atoms with Gasteiger partial charge in [-0.15, -0.1) is 0 Å². The van der Waals surface area contributed by atoms with Gasteiger partial charge in [0.2, 0.25) is 0 Å². The molecule has 2 N–H and O–H groups in total. The van der Waals surface area contributed by atoms with E-state index >= 15 is 0 Å². The molecule has 30 heavy (non-hydrogen) atoms. The first kappa shape index (κ1) is 24.6. The third-order valence-electron chi connectivity index (χ3n) is 3.36. The number of nitrogens with two attached hydrogens (primary N) is 1. The molecule has 0 aliphatic carbocycles. The number of rotatable bonds is 9. The number of aromatic nitrogens is 2. The van der Waals surface area contributed by atoms with Crippen LogP contribution in [0.3, 0.4) is 0 Å². The molecule has 0 aromatic carbocycles. The zero-order valence-electron chi connectivity index (χ0n) is 14.4. The van der Waals surface area contributed by atoms with Gasteiger partial charge in [0.25, 0.3) is 15.6 Å². The molecular weight excluding hydrogens is 477 g/mol. The highest BCUT2D eigenvalue weighted by Gasteiger charge is 2.37. The smallest absolute Gasteiger partial charge is 0.351 e. The van der Waals surface area contributed by atoms with Crippen LogP contribution in [0.4, 0.5) is 5.82 Å². The van der Waals surface area contributed by atoms with Crippen molar-refractivity contribution in [2.24, 2.45) is 5.11 Å². The van der Waals surface area contributed by atoms with E-state index in [9.17, 15) is 38.1 Å². The number of nitrogens with zero attached hydrogens (tertiary/aromatic N) is 5. The SMILES string of the molecule is [N-]=[N+]=NC1CC(n2ccc(N)nc2=O)OC1COP(=O)([O-])OP(=O)([O-])OP(=O)([O-])[O-]. The molecule has 21 heteroatoms. The summed E-state index contributed by atoms with van der Waals surface area (Å²) in [6.07, 6.45) is -1.27. The lowest BCUT2D eigenvalue weighted by Crippen LogP contribution is -2.28. The molecule has 18 nitrogen and oxygen atoms in total. The van der Waals surface area contributed by atoms with E-state index in [1.165, 1.54) is 12.3 Å². The van der Waals surface area contributed by atoms with Gasteiger partial charge in [-0.25, -0.2) is 9.11 Å². The number of ether oxygens (including phenoxy) is 1. The predicted octanol–water partition coefficient (Wildman–Crippen LogP) is -2.39. The molecule has 1 fully saturated rings. The standard InChI is InChI=1S/C9H15N6O12P3/c10-7-1-2-15(9(16)12-7)8-3-5(13-14-11)6(25-8)4-24-29(20,21)27-30(22,23)26-28(17,18)19/h1-2,5-6,8H,3-4H2,(H,20,21)(H,22,23)(H2,10,12,16)(H2,17,18,19)/p-4. The van der Waals surface area contributed by atoms with Crippen molar-refractivity contribution in [1.29, 1.82) is 0 Å². The summed E-state index contributed by atoms with van der Waals surface area (Å²) in [6, 6.07) is 0.205. The molecule has 2 rings (SSSR count). The van der Waals surface area contributed by atoms with Crippen molar-refractivity contribution < 1.29 is 51.2 Å². The number of phosphoric acid groups is 3. The van der Waals surface area contributed by atoms with Gasteiger partial charge in [0.1, 0.15) is 12.0 Å². The number of hydrogen-bond donors (Lipinski definition) is 1. The van der Waals surface area contributed by atoms with Gasteiger partial charge in [-0.1, -0.05) is 5.11 Å². The van der Waals surface area contributed by atoms with Crippen LogP contribution in [0.15, 0.2) is 22.2 Å². The summed E-state index contributed by atoms with van der Waals surface area (Å²) in [6.45, 7) is -0.968. The van der Waals surface area contributed by atoms with E-state index in [1.54, 1.807) is 0 Å². The van der Waals surface area contributed by atoms with E-state index in [0.29, 0.717) is 0 Å². The maximum atomic E-state index is 11.9. The molecule has 1 saturated heterocycles. The number of azide groups is 1. The van der Waals surface area contributed by atoms with Crippen molar-refractivity contribution in [2.45, 2.75) is 24.8 Å². The third kappa shape index (κ3) is 7.25. The first-order chi connectivity index (χ1) is 13.7. The Kier molecular flexibility index (Phi) is 7.59. The van der Waals surface area contributed by atoms with E-state index < -0.39 is 54.1 Å². The minimum Gasteiger partial charge on any atom is -0.790 e. The second-order valence-electron chi connectivity index (χ2n) is 5.48. The second kappa shape index (κ2) is 9.24. The minimum absolute atomic E-state index is 0.0739. The Hall–Kier alpha value is -1.64. The topological polar surface area (TPSA) is 290 Å². The molecule has 1 aromatic rings. The van der Waals surface area contributed by atoms with Gasteiger partial charge in [-0.2, -0.15) is 4.98 Å². The Morgan fingerprint density at radius 3 is 2.53 bits per heavy atom. The van der Waals surface area contributed by atoms with Crippen molar-refractivity contribution >= 4 is 29.3 Å². The van der Waals surface area contributed by atoms with E-state index in [0.717, 1.165) is 4.57 Å². The highest BCUT2D eigenvalue weighted by atomic mass is 31.3. The quantitative estimate of drug-likeness (QED) is 0.164. The fraction of sp³-hybridized carbons (Fsp3) is 0.556. The van der Waals surface area contributed by atoms with Gasteiger partial charge in [-0.3, -0.25) is 18.0 Å². The largest absolute Gasteiger partial charge is 0.790 e. The summed E-state index contributed by atoms with van der Waals surface area (Å²) in [7, 11) is -18.0. The molecule has 168 valence electrons. The average Bonchev–Trinajstić information content (AvgIpc) is 2.92. The number of nitrogen functional groups attached to an aromatic ring is 1. The van der Waals surface area contributed by atoms with Gasteiger partial charge in [-0.05, 0) is 11.6 Å². The van der Waals surface area contributed by atoms with Gasteiger partial charge >= 0.3 is 5.69 Å². The minimum atomic E-state index is -6.13. The first-order valence-electron chi connectivity index (χ1n) is 7.47. The van der Waals surface area contributed by atoms with Gasteiger partial charge in [0.15, 0.2) is 0 Å². The average molecular weight is 488 g/mol. The zero-order valence-corrected chi connectivity index (χ0v) is 17.0. The predicted molar refractivity (Wildman–Crippen MR) is 85.3 cm³/mol. The van der Waals surface area contributed by atoms with Crippen molar-refractivity contribution in [1.82, 2.24) is 9.55 Å². The summed E-state index contributed by atoms with van der Waals surface area (Å²) >= 11 is 0. The fourth-order valence-corrected chi connectivity index (χ4v) is 5.18. The Labute approximate surface area is 166 Å². The van der Waals surface area contributed by atoms with Crippen LogP contribution < -0.4 is 31.0 Å². The summed E-state index contributed by atoms with van der Waals surface area (Å²) in [5.74, 6) is -0.0739.